The van der Waals surface area contributed by atoms with Crippen molar-refractivity contribution in [3.8, 4) is 5.75 Å². The van der Waals surface area contributed by atoms with Gasteiger partial charge < -0.3 is 10.1 Å². The summed E-state index contributed by atoms with van der Waals surface area (Å²) in [5, 5.41) is 3.97. The van der Waals surface area contributed by atoms with Crippen molar-refractivity contribution in [3.63, 3.8) is 0 Å². The molecule has 0 aromatic heterocycles. The first-order chi connectivity index (χ1) is 13.0. The minimum atomic E-state index is 0.00812. The van der Waals surface area contributed by atoms with Crippen molar-refractivity contribution < 1.29 is 9.53 Å². The van der Waals surface area contributed by atoms with Gasteiger partial charge in [0.25, 0.3) is 0 Å². The molecule has 6 heteroatoms. The molecule has 1 fully saturated rings. The largest absolute Gasteiger partial charge is 0.494 e. The lowest BCUT2D eigenvalue weighted by Crippen LogP contribution is -2.37. The zero-order chi connectivity index (χ0) is 19.2. The monoisotopic (exact) mass is 406 g/mol. The molecule has 0 spiro atoms. The van der Waals surface area contributed by atoms with Gasteiger partial charge in [-0.1, -0.05) is 35.3 Å². The number of piperidine rings is 1. The number of carbonyl (C=O) groups is 1. The molecule has 2 aromatic rings. The number of rotatable bonds is 6. The lowest BCUT2D eigenvalue weighted by atomic mass is 9.95. The van der Waals surface area contributed by atoms with Crippen molar-refractivity contribution in [3.05, 3.63) is 58.1 Å². The fraction of sp³-hybridized carbons (Fsp3) is 0.381. The highest BCUT2D eigenvalue weighted by atomic mass is 35.5. The van der Waals surface area contributed by atoms with E-state index in [0.29, 0.717) is 22.3 Å². The number of carbonyl (C=O) groups excluding carboxylic acids is 1. The molecule has 1 saturated heterocycles. The van der Waals surface area contributed by atoms with Crippen LogP contribution in [0.3, 0.4) is 0 Å². The Kier molecular flexibility index (Phi) is 7.00. The van der Waals surface area contributed by atoms with Gasteiger partial charge in [0.05, 0.1) is 6.61 Å². The zero-order valence-corrected chi connectivity index (χ0v) is 16.9. The molecule has 1 amide bonds. The van der Waals surface area contributed by atoms with E-state index in [1.807, 2.05) is 19.1 Å². The van der Waals surface area contributed by atoms with E-state index >= 15 is 0 Å². The molecule has 1 aliphatic rings. The number of amides is 1. The Morgan fingerprint density at radius 2 is 1.85 bits per heavy atom. The number of hydrogen-bond donors (Lipinski definition) is 1. The Hall–Kier alpha value is -1.75. The molecule has 4 nitrogen and oxygen atoms in total. The number of halogens is 2. The second-order valence-electron chi connectivity index (χ2n) is 6.78. The number of nitrogens with zero attached hydrogens (tertiary/aromatic N) is 1. The van der Waals surface area contributed by atoms with Gasteiger partial charge in [-0.15, -0.1) is 0 Å². The molecule has 3 rings (SSSR count). The van der Waals surface area contributed by atoms with Gasteiger partial charge in [-0.3, -0.25) is 9.69 Å². The second-order valence-corrected chi connectivity index (χ2v) is 7.65. The third kappa shape index (κ3) is 5.86. The maximum absolute atomic E-state index is 12.5. The van der Waals surface area contributed by atoms with Crippen LogP contribution in [0.25, 0.3) is 0 Å². The summed E-state index contributed by atoms with van der Waals surface area (Å²) in [6.45, 7) is 5.32. The molecule has 0 saturated carbocycles. The molecule has 144 valence electrons. The number of nitrogens with one attached hydrogen (secondary N) is 1. The lowest BCUT2D eigenvalue weighted by Gasteiger charge is -2.31. The van der Waals surface area contributed by atoms with E-state index in [1.54, 1.807) is 18.2 Å². The number of benzene rings is 2. The van der Waals surface area contributed by atoms with Gasteiger partial charge in [0.2, 0.25) is 5.91 Å². The highest BCUT2D eigenvalue weighted by molar-refractivity contribution is 6.35. The van der Waals surface area contributed by atoms with Crippen LogP contribution in [-0.4, -0.2) is 30.5 Å². The van der Waals surface area contributed by atoms with E-state index in [-0.39, 0.29) is 11.8 Å². The van der Waals surface area contributed by atoms with Crippen LogP contribution < -0.4 is 10.1 Å². The molecule has 0 atom stereocenters. The van der Waals surface area contributed by atoms with Gasteiger partial charge in [0.1, 0.15) is 5.75 Å². The summed E-state index contributed by atoms with van der Waals surface area (Å²) in [5.41, 5.74) is 1.88. The van der Waals surface area contributed by atoms with Crippen LogP contribution >= 0.6 is 23.2 Å². The molecular weight excluding hydrogens is 383 g/mol. The third-order valence-electron chi connectivity index (χ3n) is 4.70. The van der Waals surface area contributed by atoms with Gasteiger partial charge in [-0.25, -0.2) is 0 Å². The van der Waals surface area contributed by atoms with Crippen LogP contribution in [0.15, 0.2) is 42.5 Å². The first kappa shape index (κ1) is 20.0. The minimum absolute atomic E-state index is 0.00812. The molecule has 0 radical (unpaired) electrons. The summed E-state index contributed by atoms with van der Waals surface area (Å²) in [7, 11) is 0. The van der Waals surface area contributed by atoms with Crippen LogP contribution in [0.1, 0.15) is 25.3 Å². The fourth-order valence-electron chi connectivity index (χ4n) is 3.38. The molecule has 0 unspecified atom stereocenters. The van der Waals surface area contributed by atoms with Gasteiger partial charge in [-0.2, -0.15) is 0 Å². The maximum Gasteiger partial charge on any atom is 0.227 e. The number of ether oxygens (including phenoxy) is 1. The van der Waals surface area contributed by atoms with E-state index in [9.17, 15) is 4.79 Å². The van der Waals surface area contributed by atoms with Crippen LogP contribution in [0.4, 0.5) is 5.69 Å². The van der Waals surface area contributed by atoms with E-state index in [2.05, 4.69) is 22.3 Å². The average Bonchev–Trinajstić information content (AvgIpc) is 2.62. The Labute approximate surface area is 170 Å². The molecular formula is C21H24Cl2N2O2. The smallest absolute Gasteiger partial charge is 0.227 e. The highest BCUT2D eigenvalue weighted by Crippen LogP contribution is 2.25. The first-order valence-corrected chi connectivity index (χ1v) is 10.00. The standard InChI is InChI=1S/C21H24Cl2N2O2/c1-2-27-20-5-3-4-15(10-20)14-25-8-6-16(7-9-25)21(26)24-19-12-17(22)11-18(23)13-19/h3-5,10-13,16H,2,6-9,14H2,1H3,(H,24,26). The maximum atomic E-state index is 12.5. The van der Waals surface area contributed by atoms with Crippen LogP contribution in [0, 0.1) is 5.92 Å². The van der Waals surface area contributed by atoms with Crippen molar-refractivity contribution in [1.82, 2.24) is 4.90 Å². The summed E-state index contributed by atoms with van der Waals surface area (Å²) >= 11 is 12.0. The molecule has 27 heavy (non-hydrogen) atoms. The average molecular weight is 407 g/mol. The quantitative estimate of drug-likeness (QED) is 0.712. The van der Waals surface area contributed by atoms with Crippen LogP contribution in [0.2, 0.25) is 10.0 Å². The van der Waals surface area contributed by atoms with E-state index in [0.717, 1.165) is 38.2 Å². The Bertz CT molecular complexity index is 769. The van der Waals surface area contributed by atoms with Crippen molar-refractivity contribution in [2.75, 3.05) is 25.0 Å². The molecule has 2 aromatic carbocycles. The summed E-state index contributed by atoms with van der Waals surface area (Å²) in [5.74, 6) is 0.949. The van der Waals surface area contributed by atoms with Gasteiger partial charge in [0.15, 0.2) is 0 Å². The summed E-state index contributed by atoms with van der Waals surface area (Å²) < 4.78 is 5.57. The van der Waals surface area contributed by atoms with Crippen molar-refractivity contribution >= 4 is 34.8 Å². The van der Waals surface area contributed by atoms with Crippen molar-refractivity contribution in [2.24, 2.45) is 5.92 Å². The lowest BCUT2D eigenvalue weighted by molar-refractivity contribution is -0.121. The number of likely N-dealkylation sites (tertiary alicyclic amines) is 1. The molecule has 1 heterocycles. The molecule has 0 aliphatic carbocycles. The topological polar surface area (TPSA) is 41.6 Å². The summed E-state index contributed by atoms with van der Waals surface area (Å²) in [6, 6.07) is 13.3. The number of hydrogen-bond acceptors (Lipinski definition) is 3. The van der Waals surface area contributed by atoms with Crippen molar-refractivity contribution in [2.45, 2.75) is 26.3 Å². The van der Waals surface area contributed by atoms with Crippen LogP contribution in [-0.2, 0) is 11.3 Å². The molecule has 1 N–H and O–H groups in total. The van der Waals surface area contributed by atoms with Gasteiger partial charge in [0, 0.05) is 28.2 Å². The second kappa shape index (κ2) is 9.45. The predicted molar refractivity (Wildman–Crippen MR) is 111 cm³/mol. The molecule has 1 aliphatic heterocycles. The Morgan fingerprint density at radius 3 is 2.52 bits per heavy atom. The first-order valence-electron chi connectivity index (χ1n) is 9.24. The minimum Gasteiger partial charge on any atom is -0.494 e. The Balaban J connectivity index is 1.51. The van der Waals surface area contributed by atoms with E-state index < -0.39 is 0 Å². The van der Waals surface area contributed by atoms with E-state index in [1.165, 1.54) is 5.56 Å². The van der Waals surface area contributed by atoms with Crippen molar-refractivity contribution in [1.29, 1.82) is 0 Å². The van der Waals surface area contributed by atoms with Crippen LogP contribution in [0.5, 0.6) is 5.75 Å². The zero-order valence-electron chi connectivity index (χ0n) is 15.4. The number of anilines is 1. The normalized spacial score (nSPS) is 15.5. The van der Waals surface area contributed by atoms with Gasteiger partial charge in [-0.05, 0) is 68.8 Å². The predicted octanol–water partition coefficient (Wildman–Crippen LogP) is 5.24. The van der Waals surface area contributed by atoms with E-state index in [4.69, 9.17) is 27.9 Å². The highest BCUT2D eigenvalue weighted by Gasteiger charge is 2.25. The summed E-state index contributed by atoms with van der Waals surface area (Å²) in [4.78, 5) is 14.9. The molecule has 0 bridgehead atoms. The SMILES string of the molecule is CCOc1cccc(CN2CCC(C(=O)Nc3cc(Cl)cc(Cl)c3)CC2)c1. The third-order valence-corrected chi connectivity index (χ3v) is 5.14. The summed E-state index contributed by atoms with van der Waals surface area (Å²) in [6.07, 6.45) is 1.68. The fourth-order valence-corrected chi connectivity index (χ4v) is 3.91. The Morgan fingerprint density at radius 1 is 1.15 bits per heavy atom. The van der Waals surface area contributed by atoms with Gasteiger partial charge >= 0.3 is 0 Å².